The number of fused-ring (bicyclic) bond motifs is 2. The van der Waals surface area contributed by atoms with Crippen LogP contribution in [0.15, 0.2) is 101 Å². The second-order valence-electron chi connectivity index (χ2n) is 14.1. The number of nitrogens with one attached hydrogen (secondary N) is 1. The van der Waals surface area contributed by atoms with Gasteiger partial charge in [0, 0.05) is 54.7 Å². The number of allylic oxidation sites excluding steroid dienone is 1. The summed E-state index contributed by atoms with van der Waals surface area (Å²) in [6, 6.07) is 19.5. The van der Waals surface area contributed by atoms with E-state index in [1.807, 2.05) is 42.5 Å². The van der Waals surface area contributed by atoms with Gasteiger partial charge in [0.15, 0.2) is 0 Å². The Morgan fingerprint density at radius 1 is 1.07 bits per heavy atom. The van der Waals surface area contributed by atoms with Gasteiger partial charge in [0.2, 0.25) is 11.7 Å². The van der Waals surface area contributed by atoms with E-state index in [4.69, 9.17) is 19.0 Å². The van der Waals surface area contributed by atoms with Crippen LogP contribution in [0.25, 0.3) is 0 Å². The van der Waals surface area contributed by atoms with Crippen LogP contribution >= 0.6 is 11.8 Å². The van der Waals surface area contributed by atoms with Gasteiger partial charge in [-0.2, -0.15) is 0 Å². The highest BCUT2D eigenvalue weighted by Crippen LogP contribution is 2.63. The highest BCUT2D eigenvalue weighted by Gasteiger charge is 2.64. The van der Waals surface area contributed by atoms with E-state index in [1.54, 1.807) is 37.1 Å². The number of anilines is 1. The van der Waals surface area contributed by atoms with Gasteiger partial charge in [-0.25, -0.2) is 0 Å². The number of nitrogens with zero attached hydrogens (tertiary/aromatic N) is 2. The molecule has 1 saturated carbocycles. The van der Waals surface area contributed by atoms with E-state index in [0.29, 0.717) is 42.2 Å². The number of oxime groups is 1. The Labute approximate surface area is 325 Å². The molecule has 0 spiro atoms. The molecular formula is C42H49N3O9S. The molecule has 0 saturated heterocycles. The Bertz CT molecular complexity index is 1900. The van der Waals surface area contributed by atoms with Crippen molar-refractivity contribution < 1.29 is 39.0 Å². The van der Waals surface area contributed by atoms with Crippen molar-refractivity contribution in [3.05, 3.63) is 107 Å². The quantitative estimate of drug-likeness (QED) is 0.0496. The summed E-state index contributed by atoms with van der Waals surface area (Å²) < 4.78 is 20.4. The molecule has 0 radical (unpaired) electrons. The Morgan fingerprint density at radius 3 is 2.51 bits per heavy atom. The van der Waals surface area contributed by atoms with Crippen molar-refractivity contribution in [3.8, 4) is 17.2 Å². The monoisotopic (exact) mass is 771 g/mol. The molecule has 13 heteroatoms. The van der Waals surface area contributed by atoms with Crippen LogP contribution in [0.2, 0.25) is 0 Å². The molecule has 2 aliphatic carbocycles. The number of carbonyl (C=O) groups excluding carboxylic acids is 1. The molecule has 6 atom stereocenters. The number of non-ortho nitro benzene ring substituents is 1. The van der Waals surface area contributed by atoms with Gasteiger partial charge in [0.05, 0.1) is 34.5 Å². The van der Waals surface area contributed by atoms with Crippen molar-refractivity contribution in [2.45, 2.75) is 73.7 Å². The minimum Gasteiger partial charge on any atom is -0.460 e. The Hall–Kier alpha value is -4.69. The van der Waals surface area contributed by atoms with Crippen molar-refractivity contribution in [2.24, 2.45) is 22.9 Å². The molecule has 292 valence electrons. The zero-order chi connectivity index (χ0) is 39.0. The number of hydrogen-bond donors (Lipinski definition) is 3. The Morgan fingerprint density at radius 2 is 1.82 bits per heavy atom. The topological polar surface area (TPSA) is 162 Å². The van der Waals surface area contributed by atoms with Crippen molar-refractivity contribution in [3.63, 3.8) is 0 Å². The maximum absolute atomic E-state index is 11.7. The number of hydrogen-bond acceptors (Lipinski definition) is 11. The summed E-state index contributed by atoms with van der Waals surface area (Å²) in [5.41, 5.74) is 3.36. The SMILES string of the molecule is C=CCOC12Oc3ccc(Oc4cccc([N+](=O)[O-])c4)cc3C3C(CCCCO)C(CCCCO)C=C(C(=NOC)CC1Sc1ccc(NC(C)=O)cc1)C32. The van der Waals surface area contributed by atoms with Gasteiger partial charge in [-0.05, 0) is 91.6 Å². The maximum atomic E-state index is 11.7. The standard InChI is InChI=1S/C42H49N3O9S/c1-4-22-52-42-39(55-33-17-14-29(15-18-33)43-27(2)48)26-37(44-51-3)35-23-28(10-5-7-20-46)34(13-6-8-21-47)40(41(35)42)36-25-32(16-19-38(36)54-42)53-31-12-9-11-30(24-31)45(49)50/h4,9,11-12,14-19,23-25,28,34,39-41,46-47H,1,5-8,10,13,20-22,26H2,2-3H3,(H,43,48). The maximum Gasteiger partial charge on any atom is 0.273 e. The van der Waals surface area contributed by atoms with Gasteiger partial charge in [0.1, 0.15) is 24.4 Å². The minimum absolute atomic E-state index is 0.0693. The summed E-state index contributed by atoms with van der Waals surface area (Å²) >= 11 is 1.62. The van der Waals surface area contributed by atoms with E-state index in [1.165, 1.54) is 19.1 Å². The van der Waals surface area contributed by atoms with Crippen LogP contribution in [0, 0.1) is 27.9 Å². The van der Waals surface area contributed by atoms with Crippen molar-refractivity contribution in [1.82, 2.24) is 0 Å². The highest BCUT2D eigenvalue weighted by molar-refractivity contribution is 8.00. The summed E-state index contributed by atoms with van der Waals surface area (Å²) in [6.45, 7) is 5.89. The lowest BCUT2D eigenvalue weighted by Crippen LogP contribution is -2.64. The van der Waals surface area contributed by atoms with Crippen LogP contribution in [0.5, 0.6) is 17.2 Å². The Balaban J connectivity index is 1.52. The first kappa shape index (κ1) is 40.0. The average Bonchev–Trinajstić information content (AvgIpc) is 3.17. The molecule has 0 aromatic heterocycles. The summed E-state index contributed by atoms with van der Waals surface area (Å²) in [6.07, 6.45) is 9.18. The lowest BCUT2D eigenvalue weighted by Gasteiger charge is -2.58. The summed E-state index contributed by atoms with van der Waals surface area (Å²) in [7, 11) is 1.55. The van der Waals surface area contributed by atoms with E-state index in [0.717, 1.165) is 47.4 Å². The molecule has 3 aromatic rings. The van der Waals surface area contributed by atoms with E-state index in [9.17, 15) is 25.1 Å². The number of aliphatic hydroxyl groups excluding tert-OH is 2. The molecule has 1 aliphatic heterocycles. The fourth-order valence-electron chi connectivity index (χ4n) is 8.38. The number of carbonyl (C=O) groups is 1. The third-order valence-corrected chi connectivity index (χ3v) is 11.9. The van der Waals surface area contributed by atoms with Gasteiger partial charge in [-0.15, -0.1) is 18.3 Å². The molecule has 1 heterocycles. The number of nitro benzene ring substituents is 1. The van der Waals surface area contributed by atoms with Gasteiger partial charge < -0.3 is 34.6 Å². The summed E-state index contributed by atoms with van der Waals surface area (Å²) in [5.74, 6) is -0.137. The lowest BCUT2D eigenvalue weighted by molar-refractivity contribution is -0.384. The second-order valence-corrected chi connectivity index (χ2v) is 15.4. The Kier molecular flexibility index (Phi) is 13.3. The number of amides is 1. The average molecular weight is 772 g/mol. The molecule has 1 fully saturated rings. The third kappa shape index (κ3) is 8.91. The van der Waals surface area contributed by atoms with Gasteiger partial charge >= 0.3 is 0 Å². The molecule has 0 bridgehead atoms. The first-order chi connectivity index (χ1) is 26.7. The molecule has 1 amide bonds. The number of rotatable bonds is 18. The molecule has 55 heavy (non-hydrogen) atoms. The van der Waals surface area contributed by atoms with E-state index < -0.39 is 10.7 Å². The fourth-order valence-corrected chi connectivity index (χ4v) is 9.67. The summed E-state index contributed by atoms with van der Waals surface area (Å²) in [5, 5.41) is 38.3. The van der Waals surface area contributed by atoms with Crippen LogP contribution in [0.1, 0.15) is 63.4 Å². The highest BCUT2D eigenvalue weighted by atomic mass is 32.2. The number of unbranched alkanes of at least 4 members (excludes halogenated alkanes) is 2. The van der Waals surface area contributed by atoms with Gasteiger partial charge in [-0.1, -0.05) is 36.2 Å². The second kappa shape index (κ2) is 18.3. The van der Waals surface area contributed by atoms with Crippen molar-refractivity contribution in [2.75, 3.05) is 32.2 Å². The number of ether oxygens (including phenoxy) is 3. The van der Waals surface area contributed by atoms with Crippen LogP contribution < -0.4 is 14.8 Å². The normalized spacial score (nSPS) is 24.5. The number of aliphatic hydroxyl groups is 2. The first-order valence-corrected chi connectivity index (χ1v) is 19.7. The molecule has 6 unspecified atom stereocenters. The lowest BCUT2D eigenvalue weighted by atomic mass is 9.56. The zero-order valence-corrected chi connectivity index (χ0v) is 32.0. The molecule has 3 aromatic carbocycles. The zero-order valence-electron chi connectivity index (χ0n) is 31.2. The molecule has 6 rings (SSSR count). The fraction of sp³-hybridized carbons (Fsp3) is 0.429. The van der Waals surface area contributed by atoms with Crippen molar-refractivity contribution in [1.29, 1.82) is 0 Å². The number of nitro groups is 1. The molecular weight excluding hydrogens is 723 g/mol. The smallest absolute Gasteiger partial charge is 0.273 e. The molecule has 3 N–H and O–H groups in total. The minimum atomic E-state index is -1.18. The van der Waals surface area contributed by atoms with Gasteiger partial charge in [-0.3, -0.25) is 14.9 Å². The number of thioether (sulfide) groups is 1. The van der Waals surface area contributed by atoms with E-state index in [2.05, 4.69) is 23.1 Å². The van der Waals surface area contributed by atoms with E-state index >= 15 is 0 Å². The first-order valence-electron chi connectivity index (χ1n) is 18.8. The van der Waals surface area contributed by atoms with Crippen molar-refractivity contribution >= 4 is 34.8 Å². The third-order valence-electron chi connectivity index (χ3n) is 10.5. The molecule has 3 aliphatic rings. The van der Waals surface area contributed by atoms with Crippen LogP contribution in [-0.2, 0) is 14.4 Å². The van der Waals surface area contributed by atoms with Gasteiger partial charge in [0.25, 0.3) is 5.69 Å². The van der Waals surface area contributed by atoms with Crippen LogP contribution in [0.3, 0.4) is 0 Å². The predicted octanol–water partition coefficient (Wildman–Crippen LogP) is 8.40. The van der Waals surface area contributed by atoms with E-state index in [-0.39, 0.29) is 60.3 Å². The van der Waals surface area contributed by atoms with Crippen LogP contribution in [0.4, 0.5) is 11.4 Å². The predicted molar refractivity (Wildman–Crippen MR) is 212 cm³/mol. The largest absolute Gasteiger partial charge is 0.460 e. The van der Waals surface area contributed by atoms with Crippen LogP contribution in [-0.4, -0.2) is 64.7 Å². The number of benzene rings is 3. The summed E-state index contributed by atoms with van der Waals surface area (Å²) in [4.78, 5) is 29.3. The molecule has 12 nitrogen and oxygen atoms in total.